The SMILES string of the molecule is Cc1n[nH]c(C)c1CC(=O)NC1CCN(Cc2ccccc2)CC1. The standard InChI is InChI=1S/C19H26N4O/c1-14-18(15(2)22-21-14)12-19(24)20-17-8-10-23(11-9-17)13-16-6-4-3-5-7-16/h3-7,17H,8-13H2,1-2H3,(H,20,24)(H,21,22). The van der Waals surface area contributed by atoms with Crippen LogP contribution in [-0.2, 0) is 17.8 Å². The largest absolute Gasteiger partial charge is 0.353 e. The van der Waals surface area contributed by atoms with Crippen molar-refractivity contribution in [2.45, 2.75) is 45.7 Å². The maximum atomic E-state index is 12.3. The van der Waals surface area contributed by atoms with Crippen molar-refractivity contribution in [3.8, 4) is 0 Å². The Bertz CT molecular complexity index is 652. The Hall–Kier alpha value is -2.14. The predicted molar refractivity (Wildman–Crippen MR) is 94.6 cm³/mol. The third-order valence-electron chi connectivity index (χ3n) is 4.82. The summed E-state index contributed by atoms with van der Waals surface area (Å²) in [6, 6.07) is 10.9. The van der Waals surface area contributed by atoms with Gasteiger partial charge in [0.25, 0.3) is 0 Å². The number of nitrogens with zero attached hydrogens (tertiary/aromatic N) is 2. The first-order valence-corrected chi connectivity index (χ1v) is 8.68. The molecule has 1 aliphatic heterocycles. The van der Waals surface area contributed by atoms with E-state index in [4.69, 9.17) is 0 Å². The molecule has 0 unspecified atom stereocenters. The Kier molecular flexibility index (Phi) is 5.30. The highest BCUT2D eigenvalue weighted by atomic mass is 16.1. The summed E-state index contributed by atoms with van der Waals surface area (Å²) in [5, 5.41) is 10.3. The molecule has 1 aromatic heterocycles. The summed E-state index contributed by atoms with van der Waals surface area (Å²) in [7, 11) is 0. The maximum absolute atomic E-state index is 12.3. The summed E-state index contributed by atoms with van der Waals surface area (Å²) in [5.41, 5.74) is 4.28. The van der Waals surface area contributed by atoms with Crippen molar-refractivity contribution >= 4 is 5.91 Å². The molecule has 0 aliphatic carbocycles. The fourth-order valence-corrected chi connectivity index (χ4v) is 3.35. The smallest absolute Gasteiger partial charge is 0.224 e. The van der Waals surface area contributed by atoms with Gasteiger partial charge in [-0.1, -0.05) is 30.3 Å². The molecule has 1 aromatic carbocycles. The second kappa shape index (κ2) is 7.62. The highest BCUT2D eigenvalue weighted by molar-refractivity contribution is 5.79. The minimum atomic E-state index is 0.101. The van der Waals surface area contributed by atoms with Crippen LogP contribution in [0, 0.1) is 13.8 Å². The number of nitrogens with one attached hydrogen (secondary N) is 2. The molecule has 0 radical (unpaired) electrons. The number of H-pyrrole nitrogens is 1. The second-order valence-electron chi connectivity index (χ2n) is 6.69. The minimum absolute atomic E-state index is 0.101. The van der Waals surface area contributed by atoms with Crippen LogP contribution in [-0.4, -0.2) is 40.1 Å². The number of aryl methyl sites for hydroxylation is 2. The first kappa shape index (κ1) is 16.7. The van der Waals surface area contributed by atoms with E-state index >= 15 is 0 Å². The Morgan fingerprint density at radius 1 is 1.25 bits per heavy atom. The lowest BCUT2D eigenvalue weighted by atomic mass is 10.0. The molecule has 24 heavy (non-hydrogen) atoms. The lowest BCUT2D eigenvalue weighted by Gasteiger charge is -2.32. The van der Waals surface area contributed by atoms with Gasteiger partial charge < -0.3 is 5.32 Å². The number of aromatic amines is 1. The van der Waals surface area contributed by atoms with Gasteiger partial charge in [-0.3, -0.25) is 14.8 Å². The van der Waals surface area contributed by atoms with Crippen LogP contribution < -0.4 is 5.32 Å². The van der Waals surface area contributed by atoms with Gasteiger partial charge in [-0.25, -0.2) is 0 Å². The van der Waals surface area contributed by atoms with Crippen molar-refractivity contribution in [3.05, 3.63) is 52.8 Å². The topological polar surface area (TPSA) is 61.0 Å². The van der Waals surface area contributed by atoms with Crippen molar-refractivity contribution in [1.29, 1.82) is 0 Å². The summed E-state index contributed by atoms with van der Waals surface area (Å²) in [6.45, 7) is 6.96. The third-order valence-corrected chi connectivity index (χ3v) is 4.82. The average Bonchev–Trinajstić information content (AvgIpc) is 2.89. The molecular weight excluding hydrogens is 300 g/mol. The Morgan fingerprint density at radius 2 is 1.96 bits per heavy atom. The molecule has 1 amide bonds. The van der Waals surface area contributed by atoms with Gasteiger partial charge in [-0.15, -0.1) is 0 Å². The summed E-state index contributed by atoms with van der Waals surface area (Å²) in [5.74, 6) is 0.101. The second-order valence-corrected chi connectivity index (χ2v) is 6.69. The van der Waals surface area contributed by atoms with Crippen LogP contribution in [0.4, 0.5) is 0 Å². The number of hydrogen-bond acceptors (Lipinski definition) is 3. The number of benzene rings is 1. The van der Waals surface area contributed by atoms with Gasteiger partial charge in [-0.05, 0) is 32.3 Å². The van der Waals surface area contributed by atoms with E-state index in [0.717, 1.165) is 49.4 Å². The molecule has 2 aromatic rings. The van der Waals surface area contributed by atoms with Gasteiger partial charge in [0, 0.05) is 36.9 Å². The lowest BCUT2D eigenvalue weighted by molar-refractivity contribution is -0.121. The van der Waals surface area contributed by atoms with Crippen LogP contribution >= 0.6 is 0 Å². The molecule has 0 spiro atoms. The number of piperidine rings is 1. The third kappa shape index (κ3) is 4.23. The number of likely N-dealkylation sites (tertiary alicyclic amines) is 1. The summed E-state index contributed by atoms with van der Waals surface area (Å²) >= 11 is 0. The zero-order chi connectivity index (χ0) is 16.9. The molecule has 1 saturated heterocycles. The fourth-order valence-electron chi connectivity index (χ4n) is 3.35. The number of rotatable bonds is 5. The van der Waals surface area contributed by atoms with E-state index in [1.165, 1.54) is 5.56 Å². The van der Waals surface area contributed by atoms with Crippen molar-refractivity contribution in [1.82, 2.24) is 20.4 Å². The molecule has 3 rings (SSSR count). The molecule has 1 fully saturated rings. The van der Waals surface area contributed by atoms with E-state index in [1.807, 2.05) is 13.8 Å². The highest BCUT2D eigenvalue weighted by Gasteiger charge is 2.21. The lowest BCUT2D eigenvalue weighted by Crippen LogP contribution is -2.44. The van der Waals surface area contributed by atoms with Crippen LogP contribution in [0.15, 0.2) is 30.3 Å². The van der Waals surface area contributed by atoms with Crippen LogP contribution in [0.1, 0.15) is 35.4 Å². The Balaban J connectivity index is 1.44. The molecule has 1 aliphatic rings. The van der Waals surface area contributed by atoms with E-state index < -0.39 is 0 Å². The Labute approximate surface area is 143 Å². The normalized spacial score (nSPS) is 16.2. The number of carbonyl (C=O) groups excluding carboxylic acids is 1. The molecule has 0 atom stereocenters. The molecule has 5 nitrogen and oxygen atoms in total. The summed E-state index contributed by atoms with van der Waals surface area (Å²) in [4.78, 5) is 14.7. The molecule has 128 valence electrons. The maximum Gasteiger partial charge on any atom is 0.224 e. The fraction of sp³-hybridized carbons (Fsp3) is 0.474. The summed E-state index contributed by atoms with van der Waals surface area (Å²) < 4.78 is 0. The van der Waals surface area contributed by atoms with Crippen LogP contribution in [0.25, 0.3) is 0 Å². The predicted octanol–water partition coefficient (Wildman–Crippen LogP) is 2.35. The minimum Gasteiger partial charge on any atom is -0.353 e. The highest BCUT2D eigenvalue weighted by Crippen LogP contribution is 2.15. The Morgan fingerprint density at radius 3 is 2.58 bits per heavy atom. The van der Waals surface area contributed by atoms with Crippen LogP contribution in [0.3, 0.4) is 0 Å². The number of amides is 1. The van der Waals surface area contributed by atoms with E-state index in [-0.39, 0.29) is 11.9 Å². The number of carbonyl (C=O) groups is 1. The first-order chi connectivity index (χ1) is 11.6. The molecule has 2 heterocycles. The average molecular weight is 326 g/mol. The van der Waals surface area contributed by atoms with Gasteiger partial charge in [0.2, 0.25) is 5.91 Å². The number of aromatic nitrogens is 2. The van der Waals surface area contributed by atoms with E-state index in [1.54, 1.807) is 0 Å². The zero-order valence-corrected chi connectivity index (χ0v) is 14.5. The van der Waals surface area contributed by atoms with E-state index in [0.29, 0.717) is 6.42 Å². The van der Waals surface area contributed by atoms with Gasteiger partial charge >= 0.3 is 0 Å². The first-order valence-electron chi connectivity index (χ1n) is 8.68. The number of hydrogen-bond donors (Lipinski definition) is 2. The quantitative estimate of drug-likeness (QED) is 0.887. The van der Waals surface area contributed by atoms with Crippen LogP contribution in [0.2, 0.25) is 0 Å². The van der Waals surface area contributed by atoms with Crippen LogP contribution in [0.5, 0.6) is 0 Å². The molecule has 2 N–H and O–H groups in total. The van der Waals surface area contributed by atoms with E-state index in [9.17, 15) is 4.79 Å². The van der Waals surface area contributed by atoms with Gasteiger partial charge in [-0.2, -0.15) is 5.10 Å². The molecule has 0 bridgehead atoms. The van der Waals surface area contributed by atoms with Crippen molar-refractivity contribution in [3.63, 3.8) is 0 Å². The van der Waals surface area contributed by atoms with E-state index in [2.05, 4.69) is 50.7 Å². The molecular formula is C19H26N4O. The monoisotopic (exact) mass is 326 g/mol. The van der Waals surface area contributed by atoms with Gasteiger partial charge in [0.05, 0.1) is 12.1 Å². The van der Waals surface area contributed by atoms with Crippen molar-refractivity contribution < 1.29 is 4.79 Å². The molecule has 0 saturated carbocycles. The van der Waals surface area contributed by atoms with Gasteiger partial charge in [0.15, 0.2) is 0 Å². The van der Waals surface area contributed by atoms with Crippen molar-refractivity contribution in [2.24, 2.45) is 0 Å². The summed E-state index contributed by atoms with van der Waals surface area (Å²) in [6.07, 6.45) is 2.45. The van der Waals surface area contributed by atoms with Gasteiger partial charge in [0.1, 0.15) is 0 Å². The van der Waals surface area contributed by atoms with Crippen molar-refractivity contribution in [2.75, 3.05) is 13.1 Å². The zero-order valence-electron chi connectivity index (χ0n) is 14.5. The molecule has 5 heteroatoms.